The average Bonchev–Trinajstić information content (AvgIpc) is 2.07. The molecule has 0 aromatic rings. The van der Waals surface area contributed by atoms with E-state index in [2.05, 4.69) is 0 Å². The van der Waals surface area contributed by atoms with Crippen LogP contribution in [0, 0.1) is 0 Å². The third-order valence-electron chi connectivity index (χ3n) is 1.76. The molecule has 1 aliphatic rings. The summed E-state index contributed by atoms with van der Waals surface area (Å²) in [4.78, 5) is 0. The molecule has 1 fully saturated rings. The third-order valence-corrected chi connectivity index (χ3v) is 1.76. The quantitative estimate of drug-likeness (QED) is 0.531. The number of rotatable bonds is 8. The van der Waals surface area contributed by atoms with Crippen molar-refractivity contribution in [2.75, 3.05) is 39.6 Å². The molecule has 0 aromatic heterocycles. The van der Waals surface area contributed by atoms with E-state index in [9.17, 15) is 0 Å². The minimum atomic E-state index is 0.0236. The monoisotopic (exact) mass is 190 g/mol. The Balaban J connectivity index is 1.68. The van der Waals surface area contributed by atoms with Crippen LogP contribution in [0.15, 0.2) is 0 Å². The van der Waals surface area contributed by atoms with Gasteiger partial charge in [-0.3, -0.25) is 0 Å². The first-order valence-corrected chi connectivity index (χ1v) is 4.82. The van der Waals surface area contributed by atoms with Crippen LogP contribution in [0.2, 0.25) is 0 Å². The molecule has 1 heterocycles. The van der Waals surface area contributed by atoms with Gasteiger partial charge < -0.3 is 18.9 Å². The zero-order valence-corrected chi connectivity index (χ0v) is 8.16. The van der Waals surface area contributed by atoms with Gasteiger partial charge >= 0.3 is 0 Å². The van der Waals surface area contributed by atoms with Crippen molar-refractivity contribution < 1.29 is 18.9 Å². The third kappa shape index (κ3) is 5.21. The Kier molecular flexibility index (Phi) is 6.10. The Hall–Kier alpha value is -0.160. The minimum absolute atomic E-state index is 0.0236. The fraction of sp³-hybridized carbons (Fsp3) is 1.00. The summed E-state index contributed by atoms with van der Waals surface area (Å²) in [6, 6.07) is 0. The Bertz CT molecular complexity index is 114. The molecule has 4 nitrogen and oxygen atoms in total. The van der Waals surface area contributed by atoms with Gasteiger partial charge in [0.15, 0.2) is 6.29 Å². The standard InChI is InChI=1S/C9H18O4/c1-2-10-5-6-11-7-8-13-9-3-4-12-9/h9H,2-8H2,1H3. The van der Waals surface area contributed by atoms with E-state index in [1.807, 2.05) is 6.92 Å². The molecule has 0 spiro atoms. The topological polar surface area (TPSA) is 36.9 Å². The second-order valence-corrected chi connectivity index (χ2v) is 2.77. The van der Waals surface area contributed by atoms with Gasteiger partial charge in [0, 0.05) is 13.0 Å². The van der Waals surface area contributed by atoms with Gasteiger partial charge in [-0.15, -0.1) is 0 Å². The Morgan fingerprint density at radius 2 is 1.85 bits per heavy atom. The first-order chi connectivity index (χ1) is 6.43. The largest absolute Gasteiger partial charge is 0.379 e. The number of hydrogen-bond donors (Lipinski definition) is 0. The summed E-state index contributed by atoms with van der Waals surface area (Å²) < 4.78 is 20.7. The van der Waals surface area contributed by atoms with Crippen LogP contribution in [0.1, 0.15) is 13.3 Å². The van der Waals surface area contributed by atoms with Crippen LogP contribution in [0.5, 0.6) is 0 Å². The zero-order valence-electron chi connectivity index (χ0n) is 8.16. The van der Waals surface area contributed by atoms with Gasteiger partial charge in [0.05, 0.1) is 33.0 Å². The summed E-state index contributed by atoms with van der Waals surface area (Å²) in [7, 11) is 0. The zero-order chi connectivity index (χ0) is 9.36. The molecule has 13 heavy (non-hydrogen) atoms. The molecule has 0 bridgehead atoms. The predicted octanol–water partition coefficient (Wildman–Crippen LogP) is 0.802. The molecule has 1 saturated heterocycles. The van der Waals surface area contributed by atoms with E-state index in [-0.39, 0.29) is 6.29 Å². The molecule has 0 saturated carbocycles. The number of hydrogen-bond acceptors (Lipinski definition) is 4. The predicted molar refractivity (Wildman–Crippen MR) is 47.6 cm³/mol. The Labute approximate surface area is 79.1 Å². The Morgan fingerprint density at radius 1 is 1.15 bits per heavy atom. The highest BCUT2D eigenvalue weighted by atomic mass is 16.7. The summed E-state index contributed by atoms with van der Waals surface area (Å²) in [6.45, 7) is 6.07. The maximum absolute atomic E-state index is 5.30. The van der Waals surface area contributed by atoms with E-state index in [1.54, 1.807) is 0 Å². The van der Waals surface area contributed by atoms with Crippen LogP contribution >= 0.6 is 0 Å². The van der Waals surface area contributed by atoms with Gasteiger partial charge in [-0.2, -0.15) is 0 Å². The van der Waals surface area contributed by atoms with Gasteiger partial charge in [0.2, 0.25) is 0 Å². The second-order valence-electron chi connectivity index (χ2n) is 2.77. The highest BCUT2D eigenvalue weighted by Crippen LogP contribution is 2.11. The fourth-order valence-corrected chi connectivity index (χ4v) is 0.948. The van der Waals surface area contributed by atoms with Crippen LogP contribution in [-0.4, -0.2) is 45.9 Å². The van der Waals surface area contributed by atoms with Crippen molar-refractivity contribution in [3.63, 3.8) is 0 Å². The molecule has 0 aromatic carbocycles. The van der Waals surface area contributed by atoms with Crippen LogP contribution in [0.3, 0.4) is 0 Å². The average molecular weight is 190 g/mol. The maximum atomic E-state index is 5.30. The van der Waals surface area contributed by atoms with Gasteiger partial charge in [-0.25, -0.2) is 0 Å². The summed E-state index contributed by atoms with van der Waals surface area (Å²) in [5.41, 5.74) is 0. The van der Waals surface area contributed by atoms with Gasteiger partial charge in [0.1, 0.15) is 0 Å². The fourth-order valence-electron chi connectivity index (χ4n) is 0.948. The molecule has 1 atom stereocenters. The van der Waals surface area contributed by atoms with Crippen LogP contribution < -0.4 is 0 Å². The molecular formula is C9H18O4. The van der Waals surface area contributed by atoms with Crippen molar-refractivity contribution in [2.24, 2.45) is 0 Å². The first-order valence-electron chi connectivity index (χ1n) is 4.82. The van der Waals surface area contributed by atoms with Crippen molar-refractivity contribution in [3.8, 4) is 0 Å². The molecule has 0 amide bonds. The SMILES string of the molecule is CCOCCOCCOC1CCO1. The summed E-state index contributed by atoms with van der Waals surface area (Å²) in [6.07, 6.45) is 1.04. The van der Waals surface area contributed by atoms with E-state index in [4.69, 9.17) is 18.9 Å². The molecular weight excluding hydrogens is 172 g/mol. The van der Waals surface area contributed by atoms with E-state index < -0.39 is 0 Å². The lowest BCUT2D eigenvalue weighted by Gasteiger charge is -2.26. The minimum Gasteiger partial charge on any atom is -0.379 e. The normalized spacial score (nSPS) is 21.5. The second kappa shape index (κ2) is 7.26. The van der Waals surface area contributed by atoms with E-state index in [1.165, 1.54) is 0 Å². The lowest BCUT2D eigenvalue weighted by Crippen LogP contribution is -2.30. The van der Waals surface area contributed by atoms with Crippen molar-refractivity contribution in [2.45, 2.75) is 19.6 Å². The highest BCUT2D eigenvalue weighted by Gasteiger charge is 2.17. The molecule has 1 rings (SSSR count). The molecule has 0 aliphatic carbocycles. The smallest absolute Gasteiger partial charge is 0.159 e. The van der Waals surface area contributed by atoms with E-state index in [0.717, 1.165) is 19.6 Å². The van der Waals surface area contributed by atoms with Crippen molar-refractivity contribution in [3.05, 3.63) is 0 Å². The van der Waals surface area contributed by atoms with Crippen molar-refractivity contribution in [1.29, 1.82) is 0 Å². The van der Waals surface area contributed by atoms with Crippen molar-refractivity contribution in [1.82, 2.24) is 0 Å². The van der Waals surface area contributed by atoms with Gasteiger partial charge in [-0.05, 0) is 6.92 Å². The lowest BCUT2D eigenvalue weighted by molar-refractivity contribution is -0.219. The molecule has 1 aliphatic heterocycles. The Morgan fingerprint density at radius 3 is 2.46 bits per heavy atom. The summed E-state index contributed by atoms with van der Waals surface area (Å²) in [5.74, 6) is 0. The van der Waals surface area contributed by atoms with Crippen LogP contribution in [0.4, 0.5) is 0 Å². The summed E-state index contributed by atoms with van der Waals surface area (Å²) in [5, 5.41) is 0. The number of ether oxygens (including phenoxy) is 4. The molecule has 78 valence electrons. The lowest BCUT2D eigenvalue weighted by atomic mass is 10.3. The molecule has 0 N–H and O–H groups in total. The molecule has 4 heteroatoms. The van der Waals surface area contributed by atoms with E-state index in [0.29, 0.717) is 26.4 Å². The van der Waals surface area contributed by atoms with Gasteiger partial charge in [-0.1, -0.05) is 0 Å². The van der Waals surface area contributed by atoms with Crippen LogP contribution in [-0.2, 0) is 18.9 Å². The van der Waals surface area contributed by atoms with Gasteiger partial charge in [0.25, 0.3) is 0 Å². The first kappa shape index (κ1) is 10.9. The molecule has 1 unspecified atom stereocenters. The molecule has 0 radical (unpaired) electrons. The van der Waals surface area contributed by atoms with E-state index >= 15 is 0 Å². The van der Waals surface area contributed by atoms with Crippen LogP contribution in [0.25, 0.3) is 0 Å². The highest BCUT2D eigenvalue weighted by molar-refractivity contribution is 4.54. The van der Waals surface area contributed by atoms with Crippen molar-refractivity contribution >= 4 is 0 Å². The summed E-state index contributed by atoms with van der Waals surface area (Å²) >= 11 is 0. The maximum Gasteiger partial charge on any atom is 0.159 e.